The number of hydrogen-bond acceptors (Lipinski definition) is 5. The van der Waals surface area contributed by atoms with Gasteiger partial charge in [0, 0.05) is 38.6 Å². The number of aromatic nitrogens is 1. The van der Waals surface area contributed by atoms with Crippen LogP contribution in [0.4, 0.5) is 5.69 Å². The normalized spacial score (nSPS) is 11.2. The van der Waals surface area contributed by atoms with E-state index in [-0.39, 0.29) is 5.69 Å². The lowest BCUT2D eigenvalue weighted by Crippen LogP contribution is -2.18. The second-order valence-electron chi connectivity index (χ2n) is 7.64. The maximum atomic E-state index is 13.0. The minimum Gasteiger partial charge on any atom is -0.455 e. The van der Waals surface area contributed by atoms with Crippen molar-refractivity contribution in [2.75, 3.05) is 0 Å². The molecular formula is C26H17BrN4O4. The fraction of sp³-hybridized carbons (Fsp3) is 0. The Morgan fingerprint density at radius 2 is 1.80 bits per heavy atom. The number of rotatable bonds is 6. The van der Waals surface area contributed by atoms with E-state index in [1.54, 1.807) is 24.3 Å². The molecular weight excluding hydrogens is 512 g/mol. The molecule has 1 amide bonds. The molecule has 9 heteroatoms. The second-order valence-corrected chi connectivity index (χ2v) is 8.56. The number of nitro benzene ring substituents is 1. The molecule has 5 rings (SSSR count). The van der Waals surface area contributed by atoms with Gasteiger partial charge in [-0.3, -0.25) is 14.9 Å². The average molecular weight is 529 g/mol. The van der Waals surface area contributed by atoms with E-state index in [0.29, 0.717) is 22.8 Å². The number of nitro groups is 1. The van der Waals surface area contributed by atoms with Gasteiger partial charge in [0.2, 0.25) is 0 Å². The Bertz CT molecular complexity index is 1590. The fourth-order valence-corrected chi connectivity index (χ4v) is 4.16. The van der Waals surface area contributed by atoms with Crippen LogP contribution in [0.5, 0.6) is 0 Å². The van der Waals surface area contributed by atoms with E-state index < -0.39 is 10.8 Å². The minimum atomic E-state index is -0.462. The summed E-state index contributed by atoms with van der Waals surface area (Å²) in [6, 6.07) is 24.9. The van der Waals surface area contributed by atoms with E-state index in [9.17, 15) is 14.9 Å². The van der Waals surface area contributed by atoms with E-state index in [0.717, 1.165) is 26.5 Å². The van der Waals surface area contributed by atoms with Crippen molar-refractivity contribution in [2.24, 2.45) is 5.10 Å². The Morgan fingerprint density at radius 1 is 1.00 bits per heavy atom. The van der Waals surface area contributed by atoms with Gasteiger partial charge in [0.1, 0.15) is 17.2 Å². The first kappa shape index (κ1) is 22.3. The van der Waals surface area contributed by atoms with E-state index in [4.69, 9.17) is 4.42 Å². The van der Waals surface area contributed by atoms with Gasteiger partial charge in [-0.05, 0) is 35.9 Å². The van der Waals surface area contributed by atoms with Gasteiger partial charge in [-0.2, -0.15) is 5.10 Å². The highest BCUT2D eigenvalue weighted by atomic mass is 79.9. The SMILES string of the molecule is O=C(N/N=C/c1ccc(-c2cccc([N+](=O)[O-])c2)o1)c1[nH]c2ccc(Br)cc2c1-c1ccccc1. The molecule has 3 aromatic carbocycles. The van der Waals surface area contributed by atoms with Crippen molar-refractivity contribution in [3.8, 4) is 22.5 Å². The lowest BCUT2D eigenvalue weighted by Gasteiger charge is -2.04. The van der Waals surface area contributed by atoms with E-state index in [1.807, 2.05) is 48.5 Å². The maximum absolute atomic E-state index is 13.0. The van der Waals surface area contributed by atoms with Crippen molar-refractivity contribution in [1.82, 2.24) is 10.4 Å². The number of benzene rings is 3. The van der Waals surface area contributed by atoms with Crippen LogP contribution >= 0.6 is 15.9 Å². The first-order chi connectivity index (χ1) is 17.0. The molecule has 0 aliphatic rings. The quantitative estimate of drug-likeness (QED) is 0.148. The lowest BCUT2D eigenvalue weighted by molar-refractivity contribution is -0.384. The Kier molecular flexibility index (Phi) is 5.99. The highest BCUT2D eigenvalue weighted by molar-refractivity contribution is 9.10. The van der Waals surface area contributed by atoms with Crippen molar-refractivity contribution in [2.45, 2.75) is 0 Å². The first-order valence-electron chi connectivity index (χ1n) is 10.5. The molecule has 2 N–H and O–H groups in total. The molecule has 0 aliphatic carbocycles. The molecule has 2 heterocycles. The van der Waals surface area contributed by atoms with Crippen LogP contribution in [0.15, 0.2) is 98.9 Å². The van der Waals surface area contributed by atoms with Crippen LogP contribution in [0.25, 0.3) is 33.4 Å². The largest absolute Gasteiger partial charge is 0.455 e. The number of nitrogens with one attached hydrogen (secondary N) is 2. The highest BCUT2D eigenvalue weighted by Crippen LogP contribution is 2.34. The molecule has 0 fully saturated rings. The van der Waals surface area contributed by atoms with Crippen LogP contribution in [0.1, 0.15) is 16.2 Å². The maximum Gasteiger partial charge on any atom is 0.288 e. The summed E-state index contributed by atoms with van der Waals surface area (Å²) in [4.78, 5) is 26.8. The number of amides is 1. The van der Waals surface area contributed by atoms with E-state index in [1.165, 1.54) is 18.3 Å². The van der Waals surface area contributed by atoms with Crippen LogP contribution in [0.3, 0.4) is 0 Å². The molecule has 0 spiro atoms. The molecule has 5 aromatic rings. The second kappa shape index (κ2) is 9.40. The summed E-state index contributed by atoms with van der Waals surface area (Å²) in [6.07, 6.45) is 1.38. The number of furan rings is 1. The average Bonchev–Trinajstić information content (AvgIpc) is 3.49. The highest BCUT2D eigenvalue weighted by Gasteiger charge is 2.19. The van der Waals surface area contributed by atoms with Gasteiger partial charge in [0.25, 0.3) is 11.6 Å². The lowest BCUT2D eigenvalue weighted by atomic mass is 10.0. The molecule has 0 aliphatic heterocycles. The molecule has 0 saturated carbocycles. The molecule has 0 bridgehead atoms. The number of carbonyl (C=O) groups is 1. The number of fused-ring (bicyclic) bond motifs is 1. The van der Waals surface area contributed by atoms with E-state index >= 15 is 0 Å². The minimum absolute atomic E-state index is 0.0269. The summed E-state index contributed by atoms with van der Waals surface area (Å²) in [5.74, 6) is 0.433. The third-order valence-corrected chi connectivity index (χ3v) is 5.87. The summed E-state index contributed by atoms with van der Waals surface area (Å²) in [5.41, 5.74) is 5.98. The van der Waals surface area contributed by atoms with Crippen LogP contribution in [0, 0.1) is 10.1 Å². The Hall–Kier alpha value is -4.50. The van der Waals surface area contributed by atoms with Gasteiger partial charge in [-0.25, -0.2) is 5.43 Å². The van der Waals surface area contributed by atoms with Crippen molar-refractivity contribution in [3.05, 3.63) is 111 Å². The fourth-order valence-electron chi connectivity index (χ4n) is 3.80. The number of carbonyl (C=O) groups excluding carboxylic acids is 1. The van der Waals surface area contributed by atoms with Gasteiger partial charge in [-0.15, -0.1) is 0 Å². The predicted molar refractivity (Wildman–Crippen MR) is 137 cm³/mol. The number of H-pyrrole nitrogens is 1. The smallest absolute Gasteiger partial charge is 0.288 e. The number of halogens is 1. The van der Waals surface area contributed by atoms with Gasteiger partial charge in [0.05, 0.1) is 11.1 Å². The van der Waals surface area contributed by atoms with Crippen molar-refractivity contribution in [3.63, 3.8) is 0 Å². The molecule has 0 saturated heterocycles. The summed E-state index contributed by atoms with van der Waals surface area (Å²) in [6.45, 7) is 0. The zero-order valence-electron chi connectivity index (χ0n) is 18.1. The number of nitrogens with zero attached hydrogens (tertiary/aromatic N) is 2. The zero-order chi connectivity index (χ0) is 24.4. The monoisotopic (exact) mass is 528 g/mol. The van der Waals surface area contributed by atoms with Crippen molar-refractivity contribution in [1.29, 1.82) is 0 Å². The molecule has 8 nitrogen and oxygen atoms in total. The van der Waals surface area contributed by atoms with Crippen LogP contribution in [-0.4, -0.2) is 22.0 Å². The Morgan fingerprint density at radius 3 is 2.60 bits per heavy atom. The van der Waals surface area contributed by atoms with Crippen LogP contribution in [-0.2, 0) is 0 Å². The topological polar surface area (TPSA) is 114 Å². The summed E-state index contributed by atoms with van der Waals surface area (Å²) >= 11 is 3.50. The third kappa shape index (κ3) is 4.62. The predicted octanol–water partition coefficient (Wildman–Crippen LogP) is 6.53. The van der Waals surface area contributed by atoms with Crippen LogP contribution in [0.2, 0.25) is 0 Å². The van der Waals surface area contributed by atoms with Gasteiger partial charge in [0.15, 0.2) is 0 Å². The summed E-state index contributed by atoms with van der Waals surface area (Å²) < 4.78 is 6.62. The van der Waals surface area contributed by atoms with E-state index in [2.05, 4.69) is 31.4 Å². The van der Waals surface area contributed by atoms with Crippen molar-refractivity contribution < 1.29 is 14.1 Å². The number of aromatic amines is 1. The van der Waals surface area contributed by atoms with Gasteiger partial charge < -0.3 is 9.40 Å². The van der Waals surface area contributed by atoms with Crippen molar-refractivity contribution >= 4 is 44.6 Å². The van der Waals surface area contributed by atoms with Crippen LogP contribution < -0.4 is 5.43 Å². The number of hydrazone groups is 1. The molecule has 0 atom stereocenters. The van der Waals surface area contributed by atoms with Gasteiger partial charge >= 0.3 is 0 Å². The summed E-state index contributed by atoms with van der Waals surface area (Å²) in [7, 11) is 0. The Balaban J connectivity index is 1.39. The molecule has 2 aromatic heterocycles. The molecule has 35 heavy (non-hydrogen) atoms. The summed E-state index contributed by atoms with van der Waals surface area (Å²) in [5, 5.41) is 16.0. The molecule has 0 radical (unpaired) electrons. The Labute approximate surface area is 207 Å². The third-order valence-electron chi connectivity index (χ3n) is 5.38. The number of non-ortho nitro benzene ring substituents is 1. The standard InChI is InChI=1S/C26H17BrN4O4/c27-18-9-11-22-21(14-18)24(16-5-2-1-3-6-16)25(29-22)26(32)30-28-15-20-10-12-23(35-20)17-7-4-8-19(13-17)31(33)34/h1-15,29H,(H,30,32)/b28-15+. The number of hydrogen-bond donors (Lipinski definition) is 2. The van der Waals surface area contributed by atoms with Gasteiger partial charge in [-0.1, -0.05) is 58.4 Å². The molecule has 0 unspecified atom stereocenters. The first-order valence-corrected chi connectivity index (χ1v) is 11.3. The zero-order valence-corrected chi connectivity index (χ0v) is 19.7. The molecule has 172 valence electrons.